The minimum absolute atomic E-state index is 0.357. The summed E-state index contributed by atoms with van der Waals surface area (Å²) in [6.45, 7) is 3.23. The molecule has 2 aliphatic rings. The molecular weight excluding hydrogens is 198 g/mol. The minimum Gasteiger partial charge on any atom is -0.374 e. The van der Waals surface area contributed by atoms with Gasteiger partial charge in [0.15, 0.2) is 0 Å². The maximum Gasteiger partial charge on any atom is 0.0825 e. The lowest BCUT2D eigenvalue weighted by atomic mass is 9.96. The molecule has 1 N–H and O–H groups in total. The standard InChI is InChI=1S/C14H19NO/c1-2-14(16-9-1)12-5-3-11(4-6-12)13-7-8-15-10-13/h3-6,13-15H,1-2,7-10H2. The topological polar surface area (TPSA) is 21.3 Å². The summed E-state index contributed by atoms with van der Waals surface area (Å²) in [7, 11) is 0. The molecule has 0 amide bonds. The van der Waals surface area contributed by atoms with Gasteiger partial charge in [-0.05, 0) is 42.9 Å². The molecule has 1 aromatic carbocycles. The van der Waals surface area contributed by atoms with E-state index in [0.29, 0.717) is 6.10 Å². The normalized spacial score (nSPS) is 29.8. The Hall–Kier alpha value is -0.860. The second-order valence-electron chi connectivity index (χ2n) is 4.86. The summed E-state index contributed by atoms with van der Waals surface area (Å²) in [5, 5.41) is 3.42. The third-order valence-corrected chi connectivity index (χ3v) is 3.77. The number of hydrogen-bond donors (Lipinski definition) is 1. The van der Waals surface area contributed by atoms with Gasteiger partial charge in [-0.2, -0.15) is 0 Å². The molecule has 2 fully saturated rings. The van der Waals surface area contributed by atoms with Crippen LogP contribution in [0.1, 0.15) is 42.4 Å². The summed E-state index contributed by atoms with van der Waals surface area (Å²) in [5.41, 5.74) is 2.83. The number of hydrogen-bond acceptors (Lipinski definition) is 2. The second kappa shape index (κ2) is 4.56. The van der Waals surface area contributed by atoms with Crippen LogP contribution in [0.25, 0.3) is 0 Å². The number of benzene rings is 1. The molecule has 0 saturated carbocycles. The third kappa shape index (κ3) is 2.00. The summed E-state index contributed by atoms with van der Waals surface area (Å²) >= 11 is 0. The third-order valence-electron chi connectivity index (χ3n) is 3.77. The fraction of sp³-hybridized carbons (Fsp3) is 0.571. The predicted octanol–water partition coefficient (Wildman–Crippen LogP) is 2.62. The van der Waals surface area contributed by atoms with Crippen molar-refractivity contribution in [1.29, 1.82) is 0 Å². The smallest absolute Gasteiger partial charge is 0.0825 e. The van der Waals surface area contributed by atoms with Gasteiger partial charge in [0.1, 0.15) is 0 Å². The quantitative estimate of drug-likeness (QED) is 0.822. The van der Waals surface area contributed by atoms with Crippen molar-refractivity contribution in [1.82, 2.24) is 5.32 Å². The zero-order chi connectivity index (χ0) is 10.8. The molecule has 0 aliphatic carbocycles. The van der Waals surface area contributed by atoms with Gasteiger partial charge < -0.3 is 10.1 Å². The molecule has 16 heavy (non-hydrogen) atoms. The van der Waals surface area contributed by atoms with Crippen molar-refractivity contribution in [3.8, 4) is 0 Å². The van der Waals surface area contributed by atoms with Crippen molar-refractivity contribution in [3.05, 3.63) is 35.4 Å². The van der Waals surface area contributed by atoms with E-state index in [-0.39, 0.29) is 0 Å². The van der Waals surface area contributed by atoms with Crippen LogP contribution >= 0.6 is 0 Å². The fourth-order valence-electron chi connectivity index (χ4n) is 2.76. The van der Waals surface area contributed by atoms with E-state index in [0.717, 1.165) is 25.6 Å². The van der Waals surface area contributed by atoms with E-state index in [1.807, 2.05) is 0 Å². The van der Waals surface area contributed by atoms with Gasteiger partial charge in [0, 0.05) is 13.2 Å². The highest BCUT2D eigenvalue weighted by Crippen LogP contribution is 2.30. The summed E-state index contributed by atoms with van der Waals surface area (Å²) in [4.78, 5) is 0. The Balaban J connectivity index is 1.73. The van der Waals surface area contributed by atoms with Gasteiger partial charge >= 0.3 is 0 Å². The van der Waals surface area contributed by atoms with Crippen LogP contribution in [0.3, 0.4) is 0 Å². The largest absolute Gasteiger partial charge is 0.374 e. The van der Waals surface area contributed by atoms with E-state index < -0.39 is 0 Å². The number of nitrogens with one attached hydrogen (secondary N) is 1. The zero-order valence-electron chi connectivity index (χ0n) is 9.61. The van der Waals surface area contributed by atoms with Crippen molar-refractivity contribution < 1.29 is 4.74 Å². The summed E-state index contributed by atoms with van der Waals surface area (Å²) in [6, 6.07) is 9.08. The lowest BCUT2D eigenvalue weighted by molar-refractivity contribution is 0.112. The van der Waals surface area contributed by atoms with E-state index in [9.17, 15) is 0 Å². The van der Waals surface area contributed by atoms with Gasteiger partial charge in [-0.25, -0.2) is 0 Å². The molecule has 2 aliphatic heterocycles. The van der Waals surface area contributed by atoms with E-state index in [4.69, 9.17) is 4.74 Å². The Kier molecular flexibility index (Phi) is 2.94. The molecule has 2 heterocycles. The molecule has 0 bridgehead atoms. The van der Waals surface area contributed by atoms with Gasteiger partial charge in [-0.1, -0.05) is 24.3 Å². The highest BCUT2D eigenvalue weighted by Gasteiger charge is 2.19. The van der Waals surface area contributed by atoms with Crippen molar-refractivity contribution >= 4 is 0 Å². The summed E-state index contributed by atoms with van der Waals surface area (Å²) in [5.74, 6) is 0.721. The number of rotatable bonds is 2. The summed E-state index contributed by atoms with van der Waals surface area (Å²) in [6.07, 6.45) is 4.03. The summed E-state index contributed by atoms with van der Waals surface area (Å²) < 4.78 is 5.69. The van der Waals surface area contributed by atoms with E-state index in [1.54, 1.807) is 0 Å². The molecule has 86 valence electrons. The Morgan fingerprint density at radius 3 is 2.50 bits per heavy atom. The minimum atomic E-state index is 0.357. The number of ether oxygens (including phenoxy) is 1. The molecule has 2 heteroatoms. The van der Waals surface area contributed by atoms with E-state index in [1.165, 1.54) is 30.4 Å². The van der Waals surface area contributed by atoms with Crippen molar-refractivity contribution in [2.24, 2.45) is 0 Å². The van der Waals surface area contributed by atoms with Crippen LogP contribution < -0.4 is 5.32 Å². The molecule has 2 unspecified atom stereocenters. The molecule has 3 rings (SSSR count). The Morgan fingerprint density at radius 1 is 1.06 bits per heavy atom. The highest BCUT2D eigenvalue weighted by atomic mass is 16.5. The molecule has 2 saturated heterocycles. The molecule has 0 aromatic heterocycles. The first-order valence-electron chi connectivity index (χ1n) is 6.35. The molecule has 2 atom stereocenters. The lowest BCUT2D eigenvalue weighted by Gasteiger charge is -2.13. The fourth-order valence-corrected chi connectivity index (χ4v) is 2.76. The average molecular weight is 217 g/mol. The van der Waals surface area contributed by atoms with Gasteiger partial charge in [0.05, 0.1) is 6.10 Å². The van der Waals surface area contributed by atoms with Crippen LogP contribution in [-0.4, -0.2) is 19.7 Å². The second-order valence-corrected chi connectivity index (χ2v) is 4.86. The molecule has 1 aromatic rings. The van der Waals surface area contributed by atoms with E-state index in [2.05, 4.69) is 29.6 Å². The molecular formula is C14H19NO. The predicted molar refractivity (Wildman–Crippen MR) is 64.6 cm³/mol. The maximum atomic E-state index is 5.69. The SMILES string of the molecule is c1cc(C2CCCO2)ccc1C1CCNC1. The van der Waals surface area contributed by atoms with Crippen molar-refractivity contribution in [3.63, 3.8) is 0 Å². The van der Waals surface area contributed by atoms with Gasteiger partial charge in [-0.3, -0.25) is 0 Å². The Labute approximate surface area is 97.0 Å². The van der Waals surface area contributed by atoms with Crippen LogP contribution in [0, 0.1) is 0 Å². The first-order valence-corrected chi connectivity index (χ1v) is 6.35. The van der Waals surface area contributed by atoms with Crippen LogP contribution in [0.2, 0.25) is 0 Å². The Bertz CT molecular complexity index is 299. The van der Waals surface area contributed by atoms with Crippen molar-refractivity contribution in [2.45, 2.75) is 31.3 Å². The molecule has 0 radical (unpaired) electrons. The first kappa shape index (κ1) is 10.3. The van der Waals surface area contributed by atoms with E-state index >= 15 is 0 Å². The van der Waals surface area contributed by atoms with Crippen LogP contribution in [0.5, 0.6) is 0 Å². The molecule has 0 spiro atoms. The maximum absolute atomic E-state index is 5.69. The van der Waals surface area contributed by atoms with Gasteiger partial charge in [0.25, 0.3) is 0 Å². The lowest BCUT2D eigenvalue weighted by Crippen LogP contribution is -2.08. The van der Waals surface area contributed by atoms with Crippen molar-refractivity contribution in [2.75, 3.05) is 19.7 Å². The Morgan fingerprint density at radius 2 is 1.88 bits per heavy atom. The van der Waals surface area contributed by atoms with Crippen LogP contribution in [0.15, 0.2) is 24.3 Å². The monoisotopic (exact) mass is 217 g/mol. The first-order chi connectivity index (χ1) is 7.93. The van der Waals surface area contributed by atoms with Crippen LogP contribution in [0.4, 0.5) is 0 Å². The zero-order valence-corrected chi connectivity index (χ0v) is 9.61. The highest BCUT2D eigenvalue weighted by molar-refractivity contribution is 5.28. The average Bonchev–Trinajstić information content (AvgIpc) is 3.03. The molecule has 2 nitrogen and oxygen atoms in total. The van der Waals surface area contributed by atoms with Crippen LogP contribution in [-0.2, 0) is 4.74 Å². The van der Waals surface area contributed by atoms with Gasteiger partial charge in [-0.15, -0.1) is 0 Å². The van der Waals surface area contributed by atoms with Gasteiger partial charge in [0.2, 0.25) is 0 Å².